The summed E-state index contributed by atoms with van der Waals surface area (Å²) in [6.45, 7) is 0. The number of carboxylic acids is 1. The van der Waals surface area contributed by atoms with E-state index < -0.39 is 15.8 Å². The Morgan fingerprint density at radius 3 is 2.42 bits per heavy atom. The van der Waals surface area contributed by atoms with E-state index in [1.807, 2.05) is 0 Å². The minimum atomic E-state index is -3.19. The van der Waals surface area contributed by atoms with Gasteiger partial charge in [-0.2, -0.15) is 0 Å². The van der Waals surface area contributed by atoms with Crippen molar-refractivity contribution < 1.29 is 18.3 Å². The molecule has 1 saturated carbocycles. The molecule has 1 aromatic carbocycles. The fraction of sp³-hybridized carbons (Fsp3) is 0.462. The number of hydrogen-bond acceptors (Lipinski definition) is 4. The van der Waals surface area contributed by atoms with Crippen molar-refractivity contribution >= 4 is 21.5 Å². The van der Waals surface area contributed by atoms with Crippen LogP contribution >= 0.6 is 0 Å². The van der Waals surface area contributed by atoms with Gasteiger partial charge in [-0.15, -0.1) is 0 Å². The third kappa shape index (κ3) is 3.26. The zero-order chi connectivity index (χ0) is 14.0. The van der Waals surface area contributed by atoms with Gasteiger partial charge in [0.2, 0.25) is 0 Å². The predicted molar refractivity (Wildman–Crippen MR) is 71.9 cm³/mol. The van der Waals surface area contributed by atoms with Crippen molar-refractivity contribution in [2.45, 2.75) is 30.2 Å². The van der Waals surface area contributed by atoms with Gasteiger partial charge >= 0.3 is 5.97 Å². The van der Waals surface area contributed by atoms with Crippen LogP contribution in [0.4, 0.5) is 5.69 Å². The Morgan fingerprint density at radius 2 is 1.89 bits per heavy atom. The molecule has 0 unspecified atom stereocenters. The maximum absolute atomic E-state index is 11.3. The van der Waals surface area contributed by atoms with E-state index in [1.54, 1.807) is 12.1 Å². The van der Waals surface area contributed by atoms with Crippen molar-refractivity contribution in [1.29, 1.82) is 0 Å². The smallest absolute Gasteiger partial charge is 0.308 e. The standard InChI is InChI=1S/C13H17NO4S/c1-19(17,18)10-7-5-9(6-8-10)14-12-4-2-3-11(12)13(15)16/h5-8,11-12,14H,2-4H2,1H3,(H,15,16)/t11-,12+/m0/s1. The lowest BCUT2D eigenvalue weighted by Crippen LogP contribution is -2.29. The number of carboxylic acid groups (broad SMARTS) is 1. The van der Waals surface area contributed by atoms with Crippen LogP contribution in [0.2, 0.25) is 0 Å². The normalized spacial score (nSPS) is 23.2. The van der Waals surface area contributed by atoms with Crippen LogP contribution in [0.1, 0.15) is 19.3 Å². The molecule has 0 spiro atoms. The second-order valence-corrected chi connectivity index (χ2v) is 6.94. The predicted octanol–water partition coefficient (Wildman–Crippen LogP) is 1.76. The Morgan fingerprint density at radius 1 is 1.26 bits per heavy atom. The Kier molecular flexibility index (Phi) is 3.80. The summed E-state index contributed by atoms with van der Waals surface area (Å²) in [5, 5.41) is 12.3. The number of aliphatic carboxylic acids is 1. The van der Waals surface area contributed by atoms with Gasteiger partial charge < -0.3 is 10.4 Å². The summed E-state index contributed by atoms with van der Waals surface area (Å²) in [4.78, 5) is 11.3. The molecule has 5 nitrogen and oxygen atoms in total. The Labute approximate surface area is 112 Å². The minimum Gasteiger partial charge on any atom is -0.481 e. The molecule has 2 rings (SSSR count). The molecule has 1 aliphatic rings. The average Bonchev–Trinajstić information content (AvgIpc) is 2.77. The number of benzene rings is 1. The van der Waals surface area contributed by atoms with Crippen LogP contribution in [0.25, 0.3) is 0 Å². The van der Waals surface area contributed by atoms with Gasteiger partial charge in [0.15, 0.2) is 9.84 Å². The first-order chi connectivity index (χ1) is 8.88. The number of sulfone groups is 1. The molecule has 104 valence electrons. The number of anilines is 1. The first kappa shape index (κ1) is 13.9. The zero-order valence-electron chi connectivity index (χ0n) is 10.7. The van der Waals surface area contributed by atoms with E-state index in [-0.39, 0.29) is 16.9 Å². The molecule has 0 radical (unpaired) electrons. The van der Waals surface area contributed by atoms with Gasteiger partial charge in [-0.1, -0.05) is 6.42 Å². The molecule has 6 heteroatoms. The molecule has 2 atom stereocenters. The zero-order valence-corrected chi connectivity index (χ0v) is 11.5. The second-order valence-electron chi connectivity index (χ2n) is 4.92. The molecule has 0 aromatic heterocycles. The minimum absolute atomic E-state index is 0.0819. The number of hydrogen-bond donors (Lipinski definition) is 2. The molecular formula is C13H17NO4S. The van der Waals surface area contributed by atoms with E-state index in [0.29, 0.717) is 6.42 Å². The van der Waals surface area contributed by atoms with Gasteiger partial charge in [-0.3, -0.25) is 4.79 Å². The summed E-state index contributed by atoms with van der Waals surface area (Å²) in [7, 11) is -3.19. The van der Waals surface area contributed by atoms with E-state index >= 15 is 0 Å². The highest BCUT2D eigenvalue weighted by molar-refractivity contribution is 7.90. The van der Waals surface area contributed by atoms with Crippen molar-refractivity contribution in [3.63, 3.8) is 0 Å². The van der Waals surface area contributed by atoms with E-state index in [1.165, 1.54) is 12.1 Å². The second kappa shape index (κ2) is 5.21. The monoisotopic (exact) mass is 283 g/mol. The highest BCUT2D eigenvalue weighted by Gasteiger charge is 2.32. The molecule has 0 amide bonds. The molecule has 0 saturated heterocycles. The van der Waals surface area contributed by atoms with Crippen LogP contribution in [0.15, 0.2) is 29.2 Å². The summed E-state index contributed by atoms with van der Waals surface area (Å²) in [5.41, 5.74) is 0.755. The molecule has 0 heterocycles. The van der Waals surface area contributed by atoms with Gasteiger partial charge in [-0.25, -0.2) is 8.42 Å². The van der Waals surface area contributed by atoms with Gasteiger partial charge in [0.25, 0.3) is 0 Å². The Balaban J connectivity index is 2.10. The maximum Gasteiger partial charge on any atom is 0.308 e. The summed E-state index contributed by atoms with van der Waals surface area (Å²) < 4.78 is 22.7. The highest BCUT2D eigenvalue weighted by Crippen LogP contribution is 2.29. The molecule has 0 bridgehead atoms. The highest BCUT2D eigenvalue weighted by atomic mass is 32.2. The van der Waals surface area contributed by atoms with Crippen molar-refractivity contribution in [3.05, 3.63) is 24.3 Å². The third-order valence-corrected chi connectivity index (χ3v) is 4.60. The van der Waals surface area contributed by atoms with Crippen LogP contribution < -0.4 is 5.32 Å². The first-order valence-electron chi connectivity index (χ1n) is 6.17. The van der Waals surface area contributed by atoms with Crippen molar-refractivity contribution in [3.8, 4) is 0 Å². The lowest BCUT2D eigenvalue weighted by atomic mass is 10.0. The number of carbonyl (C=O) groups is 1. The van der Waals surface area contributed by atoms with Crippen molar-refractivity contribution in [1.82, 2.24) is 0 Å². The van der Waals surface area contributed by atoms with Crippen LogP contribution in [-0.2, 0) is 14.6 Å². The van der Waals surface area contributed by atoms with Crippen LogP contribution in [-0.4, -0.2) is 31.8 Å². The van der Waals surface area contributed by atoms with Gasteiger partial charge in [0.05, 0.1) is 10.8 Å². The number of rotatable bonds is 4. The fourth-order valence-electron chi connectivity index (χ4n) is 2.44. The third-order valence-electron chi connectivity index (χ3n) is 3.47. The molecule has 1 aliphatic carbocycles. The van der Waals surface area contributed by atoms with Gasteiger partial charge in [0, 0.05) is 18.0 Å². The first-order valence-corrected chi connectivity index (χ1v) is 8.06. The molecule has 1 aromatic rings. The van der Waals surface area contributed by atoms with Crippen molar-refractivity contribution in [2.75, 3.05) is 11.6 Å². The average molecular weight is 283 g/mol. The summed E-state index contributed by atoms with van der Waals surface area (Å²) >= 11 is 0. The molecule has 2 N–H and O–H groups in total. The van der Waals surface area contributed by atoms with Gasteiger partial charge in [-0.05, 0) is 37.1 Å². The van der Waals surface area contributed by atoms with Gasteiger partial charge in [0.1, 0.15) is 0 Å². The maximum atomic E-state index is 11.3. The molecule has 0 aliphatic heterocycles. The Bertz CT molecular complexity index is 565. The van der Waals surface area contributed by atoms with Crippen molar-refractivity contribution in [2.24, 2.45) is 5.92 Å². The largest absolute Gasteiger partial charge is 0.481 e. The fourth-order valence-corrected chi connectivity index (χ4v) is 3.07. The lowest BCUT2D eigenvalue weighted by molar-refractivity contribution is -0.141. The van der Waals surface area contributed by atoms with E-state index in [2.05, 4.69) is 5.32 Å². The molecular weight excluding hydrogens is 266 g/mol. The molecule has 19 heavy (non-hydrogen) atoms. The van der Waals surface area contributed by atoms with E-state index in [0.717, 1.165) is 24.8 Å². The SMILES string of the molecule is CS(=O)(=O)c1ccc(N[C@@H]2CCC[C@@H]2C(=O)O)cc1. The van der Waals surface area contributed by atoms with Crippen LogP contribution in [0.5, 0.6) is 0 Å². The van der Waals surface area contributed by atoms with Crippen LogP contribution in [0, 0.1) is 5.92 Å². The topological polar surface area (TPSA) is 83.5 Å². The lowest BCUT2D eigenvalue weighted by Gasteiger charge is -2.18. The van der Waals surface area contributed by atoms with E-state index in [9.17, 15) is 13.2 Å². The summed E-state index contributed by atoms with van der Waals surface area (Å²) in [5.74, 6) is -1.14. The quantitative estimate of drug-likeness (QED) is 0.879. The van der Waals surface area contributed by atoms with Crippen LogP contribution in [0.3, 0.4) is 0 Å². The number of nitrogens with one attached hydrogen (secondary N) is 1. The summed E-state index contributed by atoms with van der Waals surface area (Å²) in [6, 6.07) is 6.33. The van der Waals surface area contributed by atoms with E-state index in [4.69, 9.17) is 5.11 Å². The summed E-state index contributed by atoms with van der Waals surface area (Å²) in [6.07, 6.45) is 3.57. The molecule has 1 fully saturated rings. The Hall–Kier alpha value is -1.56.